The molecule has 0 aromatic rings. The SMILES string of the molecule is CCCCCN(CCC(=O)O)CC(=O)N1CCOCC1. The molecule has 20 heavy (non-hydrogen) atoms. The van der Waals surface area contributed by atoms with Gasteiger partial charge < -0.3 is 14.7 Å². The van der Waals surface area contributed by atoms with E-state index in [1.54, 1.807) is 4.90 Å². The number of nitrogens with zero attached hydrogens (tertiary/aromatic N) is 2. The molecule has 0 bridgehead atoms. The Balaban J connectivity index is 2.39. The van der Waals surface area contributed by atoms with Crippen LogP contribution < -0.4 is 0 Å². The number of hydrogen-bond acceptors (Lipinski definition) is 4. The average molecular weight is 286 g/mol. The molecule has 1 amide bonds. The molecule has 116 valence electrons. The maximum Gasteiger partial charge on any atom is 0.304 e. The van der Waals surface area contributed by atoms with Crippen molar-refractivity contribution in [3.8, 4) is 0 Å². The fourth-order valence-corrected chi connectivity index (χ4v) is 2.21. The summed E-state index contributed by atoms with van der Waals surface area (Å²) in [4.78, 5) is 26.6. The van der Waals surface area contributed by atoms with E-state index in [1.165, 1.54) is 0 Å². The Morgan fingerprint density at radius 1 is 1.20 bits per heavy atom. The number of amides is 1. The molecule has 0 radical (unpaired) electrons. The van der Waals surface area contributed by atoms with Crippen molar-refractivity contribution in [2.45, 2.75) is 32.6 Å². The lowest BCUT2D eigenvalue weighted by Crippen LogP contribution is -2.46. The van der Waals surface area contributed by atoms with Gasteiger partial charge in [-0.2, -0.15) is 0 Å². The van der Waals surface area contributed by atoms with E-state index >= 15 is 0 Å². The second-order valence-electron chi connectivity index (χ2n) is 5.12. The Hall–Kier alpha value is -1.14. The van der Waals surface area contributed by atoms with Gasteiger partial charge in [-0.1, -0.05) is 19.8 Å². The van der Waals surface area contributed by atoms with Crippen molar-refractivity contribution in [1.82, 2.24) is 9.80 Å². The predicted molar refractivity (Wildman–Crippen MR) is 75.6 cm³/mol. The molecule has 6 heteroatoms. The first-order valence-electron chi connectivity index (χ1n) is 7.43. The summed E-state index contributed by atoms with van der Waals surface area (Å²) in [7, 11) is 0. The van der Waals surface area contributed by atoms with E-state index in [0.29, 0.717) is 39.4 Å². The highest BCUT2D eigenvalue weighted by Gasteiger charge is 2.19. The van der Waals surface area contributed by atoms with E-state index in [2.05, 4.69) is 6.92 Å². The van der Waals surface area contributed by atoms with Gasteiger partial charge in [-0.05, 0) is 13.0 Å². The first-order valence-corrected chi connectivity index (χ1v) is 7.43. The lowest BCUT2D eigenvalue weighted by atomic mass is 10.2. The fraction of sp³-hybridized carbons (Fsp3) is 0.857. The number of unbranched alkanes of at least 4 members (excludes halogenated alkanes) is 2. The van der Waals surface area contributed by atoms with Gasteiger partial charge in [-0.15, -0.1) is 0 Å². The molecule has 1 aliphatic rings. The van der Waals surface area contributed by atoms with E-state index in [4.69, 9.17) is 9.84 Å². The molecule has 1 N–H and O–H groups in total. The van der Waals surface area contributed by atoms with Gasteiger partial charge in [0.05, 0.1) is 26.2 Å². The van der Waals surface area contributed by atoms with Crippen LogP contribution in [-0.2, 0) is 14.3 Å². The Morgan fingerprint density at radius 2 is 1.90 bits per heavy atom. The third-order valence-corrected chi connectivity index (χ3v) is 3.44. The summed E-state index contributed by atoms with van der Waals surface area (Å²) < 4.78 is 5.23. The van der Waals surface area contributed by atoms with E-state index in [9.17, 15) is 9.59 Å². The molecule has 0 aromatic heterocycles. The van der Waals surface area contributed by atoms with Gasteiger partial charge in [0.25, 0.3) is 0 Å². The summed E-state index contributed by atoms with van der Waals surface area (Å²) in [5, 5.41) is 8.78. The summed E-state index contributed by atoms with van der Waals surface area (Å²) in [5.74, 6) is -0.737. The van der Waals surface area contributed by atoms with Crippen molar-refractivity contribution in [3.63, 3.8) is 0 Å². The minimum atomic E-state index is -0.815. The molecule has 1 rings (SSSR count). The van der Waals surface area contributed by atoms with Crippen LogP contribution in [0.1, 0.15) is 32.6 Å². The number of carboxylic acid groups (broad SMARTS) is 1. The molecule has 0 spiro atoms. The van der Waals surface area contributed by atoms with Crippen molar-refractivity contribution in [2.24, 2.45) is 0 Å². The number of carboxylic acids is 1. The monoisotopic (exact) mass is 286 g/mol. The molecule has 0 unspecified atom stereocenters. The average Bonchev–Trinajstić information content (AvgIpc) is 2.45. The van der Waals surface area contributed by atoms with E-state index < -0.39 is 5.97 Å². The van der Waals surface area contributed by atoms with E-state index in [0.717, 1.165) is 25.8 Å². The largest absolute Gasteiger partial charge is 0.481 e. The molecule has 0 saturated carbocycles. The van der Waals surface area contributed by atoms with Crippen molar-refractivity contribution < 1.29 is 19.4 Å². The van der Waals surface area contributed by atoms with Gasteiger partial charge >= 0.3 is 5.97 Å². The van der Waals surface area contributed by atoms with Crippen molar-refractivity contribution in [3.05, 3.63) is 0 Å². The van der Waals surface area contributed by atoms with Crippen LogP contribution in [0.25, 0.3) is 0 Å². The molecule has 1 saturated heterocycles. The van der Waals surface area contributed by atoms with Crippen molar-refractivity contribution in [2.75, 3.05) is 45.9 Å². The van der Waals surface area contributed by atoms with Crippen LogP contribution in [-0.4, -0.2) is 72.7 Å². The zero-order chi connectivity index (χ0) is 14.8. The second kappa shape index (κ2) is 9.72. The molecule has 6 nitrogen and oxygen atoms in total. The highest BCUT2D eigenvalue weighted by molar-refractivity contribution is 5.78. The summed E-state index contributed by atoms with van der Waals surface area (Å²) >= 11 is 0. The van der Waals surface area contributed by atoms with Crippen LogP contribution >= 0.6 is 0 Å². The standard InChI is InChI=1S/C14H26N2O4/c1-2-3-4-6-15(7-5-14(18)19)12-13(17)16-8-10-20-11-9-16/h2-12H2,1H3,(H,18,19). The van der Waals surface area contributed by atoms with Gasteiger partial charge in [0.2, 0.25) is 5.91 Å². The maximum atomic E-state index is 12.2. The molecular formula is C14H26N2O4. The molecule has 0 aromatic carbocycles. The van der Waals surface area contributed by atoms with E-state index in [1.807, 2.05) is 4.90 Å². The molecule has 1 aliphatic heterocycles. The first-order chi connectivity index (χ1) is 9.63. The third-order valence-electron chi connectivity index (χ3n) is 3.44. The zero-order valence-corrected chi connectivity index (χ0v) is 12.3. The molecule has 1 heterocycles. The molecule has 0 atom stereocenters. The van der Waals surface area contributed by atoms with Gasteiger partial charge in [-0.25, -0.2) is 0 Å². The number of ether oxygens (including phenoxy) is 1. The number of hydrogen-bond donors (Lipinski definition) is 1. The maximum absolute atomic E-state index is 12.2. The summed E-state index contributed by atoms with van der Waals surface area (Å²) in [6.45, 7) is 6.14. The van der Waals surface area contributed by atoms with Crippen LogP contribution in [0.2, 0.25) is 0 Å². The lowest BCUT2D eigenvalue weighted by Gasteiger charge is -2.29. The summed E-state index contributed by atoms with van der Waals surface area (Å²) in [6.07, 6.45) is 3.31. The minimum Gasteiger partial charge on any atom is -0.481 e. The Labute approximate surface area is 120 Å². The smallest absolute Gasteiger partial charge is 0.304 e. The minimum absolute atomic E-state index is 0.0789. The second-order valence-corrected chi connectivity index (χ2v) is 5.12. The number of aliphatic carboxylic acids is 1. The Kier molecular flexibility index (Phi) is 8.22. The van der Waals surface area contributed by atoms with Crippen LogP contribution in [0.3, 0.4) is 0 Å². The summed E-state index contributed by atoms with van der Waals surface area (Å²) in [5.41, 5.74) is 0. The number of rotatable bonds is 9. The predicted octanol–water partition coefficient (Wildman–Crippen LogP) is 0.812. The zero-order valence-electron chi connectivity index (χ0n) is 12.3. The quantitative estimate of drug-likeness (QED) is 0.635. The van der Waals surface area contributed by atoms with Gasteiger partial charge in [0, 0.05) is 19.6 Å². The van der Waals surface area contributed by atoms with E-state index in [-0.39, 0.29) is 12.3 Å². The third kappa shape index (κ3) is 6.86. The van der Waals surface area contributed by atoms with Crippen molar-refractivity contribution >= 4 is 11.9 Å². The van der Waals surface area contributed by atoms with Crippen LogP contribution in [0, 0.1) is 0 Å². The number of carbonyl (C=O) groups is 2. The Morgan fingerprint density at radius 3 is 2.50 bits per heavy atom. The Bertz CT molecular complexity index is 304. The molecule has 0 aliphatic carbocycles. The van der Waals surface area contributed by atoms with Crippen LogP contribution in [0.15, 0.2) is 0 Å². The van der Waals surface area contributed by atoms with Crippen LogP contribution in [0.5, 0.6) is 0 Å². The first kappa shape index (κ1) is 16.9. The lowest BCUT2D eigenvalue weighted by molar-refractivity contribution is -0.139. The number of morpholine rings is 1. The highest BCUT2D eigenvalue weighted by atomic mass is 16.5. The summed E-state index contributed by atoms with van der Waals surface area (Å²) in [6, 6.07) is 0. The molecule has 1 fully saturated rings. The van der Waals surface area contributed by atoms with Gasteiger partial charge in [0.15, 0.2) is 0 Å². The molecular weight excluding hydrogens is 260 g/mol. The topological polar surface area (TPSA) is 70.1 Å². The van der Waals surface area contributed by atoms with Crippen LogP contribution in [0.4, 0.5) is 0 Å². The fourth-order valence-electron chi connectivity index (χ4n) is 2.21. The normalized spacial score (nSPS) is 15.6. The van der Waals surface area contributed by atoms with Crippen molar-refractivity contribution in [1.29, 1.82) is 0 Å². The van der Waals surface area contributed by atoms with Gasteiger partial charge in [-0.3, -0.25) is 14.5 Å². The highest BCUT2D eigenvalue weighted by Crippen LogP contribution is 2.03. The van der Waals surface area contributed by atoms with Gasteiger partial charge in [0.1, 0.15) is 0 Å². The number of carbonyl (C=O) groups excluding carboxylic acids is 1.